The molecule has 0 bridgehead atoms. The second-order valence-corrected chi connectivity index (χ2v) is 6.96. The summed E-state index contributed by atoms with van der Waals surface area (Å²) in [6.07, 6.45) is 0.596. The van der Waals surface area contributed by atoms with E-state index in [4.69, 9.17) is 14.2 Å². The number of carbonyl (C=O) groups excluding carboxylic acids is 1. The fourth-order valence-corrected chi connectivity index (χ4v) is 3.06. The standard InChI is InChI=1S/C20H22N2O6/c1-20(2,15-11-14(26-3)5-6-16(15)22(24)25)19(23)21-9-8-13-4-7-17-18(10-13)28-12-27-17/h4-7,10-11H,8-9,12H2,1-3H3,(H,21,23). The predicted molar refractivity (Wildman–Crippen MR) is 102 cm³/mol. The van der Waals surface area contributed by atoms with E-state index in [9.17, 15) is 14.9 Å². The summed E-state index contributed by atoms with van der Waals surface area (Å²) in [5.41, 5.74) is 0.0788. The average molecular weight is 386 g/mol. The zero-order chi connectivity index (χ0) is 20.3. The van der Waals surface area contributed by atoms with Crippen molar-refractivity contribution in [3.8, 4) is 17.2 Å². The number of carbonyl (C=O) groups is 1. The van der Waals surface area contributed by atoms with Gasteiger partial charge in [-0.05, 0) is 50.1 Å². The van der Waals surface area contributed by atoms with Crippen LogP contribution in [0.3, 0.4) is 0 Å². The van der Waals surface area contributed by atoms with Crippen molar-refractivity contribution >= 4 is 11.6 Å². The molecule has 0 saturated carbocycles. The Bertz CT molecular complexity index is 910. The lowest BCUT2D eigenvalue weighted by molar-refractivity contribution is -0.385. The monoisotopic (exact) mass is 386 g/mol. The van der Waals surface area contributed by atoms with Crippen LogP contribution in [0.15, 0.2) is 36.4 Å². The molecule has 0 atom stereocenters. The molecule has 28 heavy (non-hydrogen) atoms. The summed E-state index contributed by atoms with van der Waals surface area (Å²) < 4.78 is 15.8. The van der Waals surface area contributed by atoms with Crippen molar-refractivity contribution in [3.05, 3.63) is 57.6 Å². The van der Waals surface area contributed by atoms with E-state index >= 15 is 0 Å². The van der Waals surface area contributed by atoms with Gasteiger partial charge in [-0.15, -0.1) is 0 Å². The van der Waals surface area contributed by atoms with E-state index in [1.807, 2.05) is 18.2 Å². The Kier molecular flexibility index (Phi) is 5.39. The summed E-state index contributed by atoms with van der Waals surface area (Å²) in [5.74, 6) is 1.56. The zero-order valence-corrected chi connectivity index (χ0v) is 16.0. The van der Waals surface area contributed by atoms with Crippen molar-refractivity contribution in [1.29, 1.82) is 0 Å². The first-order valence-electron chi connectivity index (χ1n) is 8.82. The quantitative estimate of drug-likeness (QED) is 0.580. The minimum Gasteiger partial charge on any atom is -0.497 e. The van der Waals surface area contributed by atoms with Gasteiger partial charge in [-0.25, -0.2) is 0 Å². The molecular weight excluding hydrogens is 364 g/mol. The highest BCUT2D eigenvalue weighted by Crippen LogP contribution is 2.35. The summed E-state index contributed by atoms with van der Waals surface area (Å²) in [6.45, 7) is 3.91. The van der Waals surface area contributed by atoms with E-state index in [1.54, 1.807) is 13.8 Å². The molecular formula is C20H22N2O6. The molecule has 1 heterocycles. The smallest absolute Gasteiger partial charge is 0.273 e. The number of fused-ring (bicyclic) bond motifs is 1. The third kappa shape index (κ3) is 3.85. The van der Waals surface area contributed by atoms with Crippen LogP contribution >= 0.6 is 0 Å². The van der Waals surface area contributed by atoms with Gasteiger partial charge in [0.1, 0.15) is 5.75 Å². The van der Waals surface area contributed by atoms with Crippen molar-refractivity contribution in [1.82, 2.24) is 5.32 Å². The van der Waals surface area contributed by atoms with Crippen LogP contribution in [-0.2, 0) is 16.6 Å². The Morgan fingerprint density at radius 1 is 1.21 bits per heavy atom. The highest BCUT2D eigenvalue weighted by Gasteiger charge is 2.36. The molecule has 0 aliphatic carbocycles. The molecule has 1 aliphatic heterocycles. The van der Waals surface area contributed by atoms with Crippen LogP contribution in [0.2, 0.25) is 0 Å². The number of ether oxygens (including phenoxy) is 3. The lowest BCUT2D eigenvalue weighted by Gasteiger charge is -2.24. The minimum absolute atomic E-state index is 0.114. The van der Waals surface area contributed by atoms with Gasteiger partial charge in [-0.3, -0.25) is 14.9 Å². The summed E-state index contributed by atoms with van der Waals surface area (Å²) >= 11 is 0. The minimum atomic E-state index is -1.11. The highest BCUT2D eigenvalue weighted by molar-refractivity contribution is 5.88. The SMILES string of the molecule is COc1ccc([N+](=O)[O-])c(C(C)(C)C(=O)NCCc2ccc3c(c2)OCO3)c1. The number of nitro benzene ring substituents is 1. The summed E-state index contributed by atoms with van der Waals surface area (Å²) in [6, 6.07) is 10.0. The van der Waals surface area contributed by atoms with Gasteiger partial charge in [0.15, 0.2) is 11.5 Å². The first kappa shape index (κ1) is 19.5. The number of nitro groups is 1. The maximum atomic E-state index is 12.8. The first-order valence-corrected chi connectivity index (χ1v) is 8.82. The Morgan fingerprint density at radius 3 is 2.68 bits per heavy atom. The van der Waals surface area contributed by atoms with Gasteiger partial charge in [0.05, 0.1) is 17.4 Å². The van der Waals surface area contributed by atoms with Gasteiger partial charge >= 0.3 is 0 Å². The number of amides is 1. The Balaban J connectivity index is 1.70. The van der Waals surface area contributed by atoms with E-state index in [0.29, 0.717) is 35.8 Å². The van der Waals surface area contributed by atoms with Crippen LogP contribution < -0.4 is 19.5 Å². The van der Waals surface area contributed by atoms with Gasteiger partial charge < -0.3 is 19.5 Å². The molecule has 1 amide bonds. The molecule has 1 N–H and O–H groups in total. The molecule has 0 fully saturated rings. The molecule has 1 aliphatic rings. The van der Waals surface area contributed by atoms with Crippen LogP contribution in [0.1, 0.15) is 25.0 Å². The van der Waals surface area contributed by atoms with E-state index in [2.05, 4.69) is 5.32 Å². The largest absolute Gasteiger partial charge is 0.497 e. The van der Waals surface area contributed by atoms with Crippen LogP contribution in [0, 0.1) is 10.1 Å². The molecule has 0 aromatic heterocycles. The highest BCUT2D eigenvalue weighted by atomic mass is 16.7. The van der Waals surface area contributed by atoms with Gasteiger partial charge in [0, 0.05) is 18.2 Å². The molecule has 0 saturated heterocycles. The van der Waals surface area contributed by atoms with Gasteiger partial charge in [-0.1, -0.05) is 6.07 Å². The van der Waals surface area contributed by atoms with Crippen LogP contribution in [0.5, 0.6) is 17.2 Å². The van der Waals surface area contributed by atoms with E-state index in [0.717, 1.165) is 5.56 Å². The number of nitrogens with one attached hydrogen (secondary N) is 1. The predicted octanol–water partition coefficient (Wildman–Crippen LogP) is 2.97. The Hall–Kier alpha value is -3.29. The summed E-state index contributed by atoms with van der Waals surface area (Å²) in [7, 11) is 1.48. The van der Waals surface area contributed by atoms with Crippen molar-refractivity contribution in [3.63, 3.8) is 0 Å². The fraction of sp³-hybridized carbons (Fsp3) is 0.350. The molecule has 0 radical (unpaired) electrons. The second-order valence-electron chi connectivity index (χ2n) is 6.96. The van der Waals surface area contributed by atoms with Crippen molar-refractivity contribution in [2.45, 2.75) is 25.7 Å². The van der Waals surface area contributed by atoms with Crippen LogP contribution in [-0.4, -0.2) is 31.3 Å². The number of hydrogen-bond acceptors (Lipinski definition) is 6. The molecule has 148 valence electrons. The number of methoxy groups -OCH3 is 1. The van der Waals surface area contributed by atoms with Crippen LogP contribution in [0.4, 0.5) is 5.69 Å². The zero-order valence-electron chi connectivity index (χ0n) is 16.0. The van der Waals surface area contributed by atoms with Gasteiger partial charge in [-0.2, -0.15) is 0 Å². The lowest BCUT2D eigenvalue weighted by Crippen LogP contribution is -2.41. The van der Waals surface area contributed by atoms with E-state index in [1.165, 1.54) is 25.3 Å². The van der Waals surface area contributed by atoms with Crippen molar-refractivity contribution in [2.24, 2.45) is 0 Å². The van der Waals surface area contributed by atoms with Gasteiger partial charge in [0.25, 0.3) is 5.69 Å². The Morgan fingerprint density at radius 2 is 1.96 bits per heavy atom. The summed E-state index contributed by atoms with van der Waals surface area (Å²) in [4.78, 5) is 23.7. The summed E-state index contributed by atoms with van der Waals surface area (Å²) in [5, 5.41) is 14.3. The molecule has 3 rings (SSSR count). The fourth-order valence-electron chi connectivity index (χ4n) is 3.06. The van der Waals surface area contributed by atoms with E-state index < -0.39 is 10.3 Å². The van der Waals surface area contributed by atoms with E-state index in [-0.39, 0.29) is 18.4 Å². The van der Waals surface area contributed by atoms with Crippen LogP contribution in [0.25, 0.3) is 0 Å². The van der Waals surface area contributed by atoms with Crippen molar-refractivity contribution < 1.29 is 23.9 Å². The molecule has 0 unspecified atom stereocenters. The number of rotatable bonds is 7. The van der Waals surface area contributed by atoms with Gasteiger partial charge in [0.2, 0.25) is 12.7 Å². The number of nitrogens with zero attached hydrogens (tertiary/aromatic N) is 1. The maximum absolute atomic E-state index is 12.8. The molecule has 2 aromatic rings. The lowest BCUT2D eigenvalue weighted by atomic mass is 9.82. The number of hydrogen-bond donors (Lipinski definition) is 1. The maximum Gasteiger partial charge on any atom is 0.273 e. The average Bonchev–Trinajstić information content (AvgIpc) is 3.15. The number of benzene rings is 2. The topological polar surface area (TPSA) is 99.9 Å². The second kappa shape index (κ2) is 7.75. The molecule has 8 nitrogen and oxygen atoms in total. The molecule has 8 heteroatoms. The third-order valence-electron chi connectivity index (χ3n) is 4.78. The molecule has 0 spiro atoms. The third-order valence-corrected chi connectivity index (χ3v) is 4.78. The Labute approximate surface area is 162 Å². The normalized spacial score (nSPS) is 12.5. The van der Waals surface area contributed by atoms with Crippen molar-refractivity contribution in [2.75, 3.05) is 20.4 Å². The molecule has 2 aromatic carbocycles. The first-order chi connectivity index (χ1) is 13.3.